The van der Waals surface area contributed by atoms with Crippen molar-refractivity contribution in [2.24, 2.45) is 5.92 Å². The van der Waals surface area contributed by atoms with Gasteiger partial charge in [0.2, 0.25) is 5.91 Å². The molecular formula is C24H26N2O5. The molecule has 1 aliphatic heterocycles. The van der Waals surface area contributed by atoms with Crippen molar-refractivity contribution in [2.45, 2.75) is 31.7 Å². The van der Waals surface area contributed by atoms with E-state index in [2.05, 4.69) is 11.4 Å². The lowest BCUT2D eigenvalue weighted by atomic mass is 9.88. The van der Waals surface area contributed by atoms with Crippen molar-refractivity contribution in [3.8, 4) is 5.75 Å². The van der Waals surface area contributed by atoms with Crippen molar-refractivity contribution in [1.29, 1.82) is 0 Å². The third-order valence-electron chi connectivity index (χ3n) is 5.88. The average Bonchev–Trinajstić information content (AvgIpc) is 3.19. The first-order valence-corrected chi connectivity index (χ1v) is 10.5. The number of rotatable bonds is 6. The summed E-state index contributed by atoms with van der Waals surface area (Å²) < 4.78 is 10.6. The first kappa shape index (κ1) is 20.9. The van der Waals surface area contributed by atoms with Gasteiger partial charge in [-0.25, -0.2) is 0 Å². The Morgan fingerprint density at radius 2 is 1.90 bits per heavy atom. The third kappa shape index (κ3) is 4.55. The number of para-hydroxylation sites is 2. The molecule has 1 fully saturated rings. The molecule has 2 aliphatic rings. The fourth-order valence-electron chi connectivity index (χ4n) is 4.35. The molecule has 2 atom stereocenters. The van der Waals surface area contributed by atoms with E-state index in [1.807, 2.05) is 30.3 Å². The van der Waals surface area contributed by atoms with Crippen LogP contribution in [0.25, 0.3) is 0 Å². The predicted octanol–water partition coefficient (Wildman–Crippen LogP) is 2.79. The number of hydrogen-bond donors (Lipinski definition) is 1. The van der Waals surface area contributed by atoms with Crippen LogP contribution in [0.3, 0.4) is 0 Å². The second kappa shape index (κ2) is 9.20. The maximum Gasteiger partial charge on any atom is 0.311 e. The van der Waals surface area contributed by atoms with Crippen molar-refractivity contribution in [1.82, 2.24) is 5.32 Å². The maximum atomic E-state index is 12.5. The topological polar surface area (TPSA) is 84.9 Å². The molecule has 7 heteroatoms. The lowest BCUT2D eigenvalue weighted by molar-refractivity contribution is -0.152. The van der Waals surface area contributed by atoms with Gasteiger partial charge in [-0.05, 0) is 42.5 Å². The maximum absolute atomic E-state index is 12.5. The molecule has 0 saturated carbocycles. The third-order valence-corrected chi connectivity index (χ3v) is 5.88. The summed E-state index contributed by atoms with van der Waals surface area (Å²) in [6.07, 6.45) is 2.93. The fraction of sp³-hybridized carbons (Fsp3) is 0.375. The number of fused-ring (bicyclic) bond motifs is 1. The number of amides is 2. The van der Waals surface area contributed by atoms with E-state index < -0.39 is 11.9 Å². The molecule has 162 valence electrons. The number of ether oxygens (including phenoxy) is 2. The highest BCUT2D eigenvalue weighted by molar-refractivity contribution is 6.00. The second-order valence-electron chi connectivity index (χ2n) is 7.90. The van der Waals surface area contributed by atoms with Crippen LogP contribution in [0.5, 0.6) is 5.75 Å². The summed E-state index contributed by atoms with van der Waals surface area (Å²) in [6, 6.07) is 15.2. The quantitative estimate of drug-likeness (QED) is 0.724. The van der Waals surface area contributed by atoms with E-state index >= 15 is 0 Å². The summed E-state index contributed by atoms with van der Waals surface area (Å²) in [5, 5.41) is 2.97. The van der Waals surface area contributed by atoms with Crippen LogP contribution in [0.4, 0.5) is 5.69 Å². The van der Waals surface area contributed by atoms with Crippen LogP contribution in [-0.4, -0.2) is 38.0 Å². The number of nitrogens with zero attached hydrogens (tertiary/aromatic N) is 1. The van der Waals surface area contributed by atoms with E-state index in [0.29, 0.717) is 11.4 Å². The number of carbonyl (C=O) groups excluding carboxylic acids is 3. The van der Waals surface area contributed by atoms with Gasteiger partial charge >= 0.3 is 5.97 Å². The fourth-order valence-corrected chi connectivity index (χ4v) is 4.35. The molecule has 7 nitrogen and oxygen atoms in total. The van der Waals surface area contributed by atoms with E-state index in [4.69, 9.17) is 9.47 Å². The van der Waals surface area contributed by atoms with Crippen molar-refractivity contribution >= 4 is 23.5 Å². The lowest BCUT2D eigenvalue weighted by Crippen LogP contribution is -2.35. The van der Waals surface area contributed by atoms with Gasteiger partial charge in [-0.3, -0.25) is 14.4 Å². The Bertz CT molecular complexity index is 989. The van der Waals surface area contributed by atoms with Gasteiger partial charge in [-0.1, -0.05) is 36.4 Å². The number of aryl methyl sites for hydroxylation is 1. The molecule has 0 unspecified atom stereocenters. The Balaban J connectivity index is 1.31. The lowest BCUT2D eigenvalue weighted by Gasteiger charge is -2.26. The largest absolute Gasteiger partial charge is 0.495 e. The number of nitrogens with one attached hydrogen (secondary N) is 1. The van der Waals surface area contributed by atoms with Gasteiger partial charge in [0.25, 0.3) is 5.91 Å². The van der Waals surface area contributed by atoms with E-state index in [9.17, 15) is 14.4 Å². The van der Waals surface area contributed by atoms with Gasteiger partial charge in [0.1, 0.15) is 5.75 Å². The summed E-state index contributed by atoms with van der Waals surface area (Å²) in [4.78, 5) is 38.9. The van der Waals surface area contributed by atoms with Gasteiger partial charge in [0.05, 0.1) is 24.8 Å². The van der Waals surface area contributed by atoms with E-state index in [0.717, 1.165) is 24.8 Å². The molecular weight excluding hydrogens is 396 g/mol. The zero-order chi connectivity index (χ0) is 21.8. The molecule has 2 aromatic carbocycles. The minimum atomic E-state index is -0.611. The van der Waals surface area contributed by atoms with Gasteiger partial charge in [0.15, 0.2) is 6.61 Å². The molecule has 1 saturated heterocycles. The van der Waals surface area contributed by atoms with Crippen molar-refractivity contribution < 1.29 is 23.9 Å². The minimum absolute atomic E-state index is 0.0501. The molecule has 2 aromatic rings. The smallest absolute Gasteiger partial charge is 0.311 e. The van der Waals surface area contributed by atoms with Crippen LogP contribution in [-0.2, 0) is 25.5 Å². The molecule has 1 aliphatic carbocycles. The van der Waals surface area contributed by atoms with Gasteiger partial charge < -0.3 is 19.7 Å². The van der Waals surface area contributed by atoms with Crippen LogP contribution in [0.1, 0.15) is 36.4 Å². The summed E-state index contributed by atoms with van der Waals surface area (Å²) in [5.41, 5.74) is 3.00. The molecule has 1 N–H and O–H groups in total. The second-order valence-corrected chi connectivity index (χ2v) is 7.90. The Kier molecular flexibility index (Phi) is 6.21. The van der Waals surface area contributed by atoms with E-state index in [1.54, 1.807) is 12.1 Å². The van der Waals surface area contributed by atoms with Crippen LogP contribution < -0.4 is 15.0 Å². The highest BCUT2D eigenvalue weighted by atomic mass is 16.5. The average molecular weight is 422 g/mol. The zero-order valence-electron chi connectivity index (χ0n) is 17.5. The number of carbonyl (C=O) groups is 3. The van der Waals surface area contributed by atoms with Gasteiger partial charge in [-0.2, -0.15) is 0 Å². The van der Waals surface area contributed by atoms with Crippen molar-refractivity contribution in [3.63, 3.8) is 0 Å². The SMILES string of the molecule is COc1ccccc1N1C[C@H](C(=O)OCC(=O)N[C@H]2CCCc3ccccc32)CC1=O. The van der Waals surface area contributed by atoms with E-state index in [-0.39, 0.29) is 37.4 Å². The molecule has 0 bridgehead atoms. The van der Waals surface area contributed by atoms with Crippen LogP contribution in [0.2, 0.25) is 0 Å². The first-order valence-electron chi connectivity index (χ1n) is 10.5. The van der Waals surface area contributed by atoms with Crippen LogP contribution in [0.15, 0.2) is 48.5 Å². The number of hydrogen-bond acceptors (Lipinski definition) is 5. The van der Waals surface area contributed by atoms with Gasteiger partial charge in [-0.15, -0.1) is 0 Å². The highest BCUT2D eigenvalue weighted by Gasteiger charge is 2.37. The van der Waals surface area contributed by atoms with Crippen molar-refractivity contribution in [3.05, 3.63) is 59.7 Å². The van der Waals surface area contributed by atoms with Crippen LogP contribution in [0, 0.1) is 5.92 Å². The Labute approximate surface area is 181 Å². The standard InChI is InChI=1S/C24H26N2O5/c1-30-21-12-5-4-11-20(21)26-14-17(13-23(26)28)24(29)31-15-22(27)25-19-10-6-8-16-7-2-3-9-18(16)19/h2-5,7,9,11-12,17,19H,6,8,10,13-15H2,1H3,(H,25,27)/t17-,19+/m1/s1. The molecule has 4 rings (SSSR count). The number of methoxy groups -OCH3 is 1. The normalized spacial score (nSPS) is 20.2. The molecule has 0 spiro atoms. The zero-order valence-corrected chi connectivity index (χ0v) is 17.5. The Hall–Kier alpha value is -3.35. The first-order chi connectivity index (χ1) is 15.1. The predicted molar refractivity (Wildman–Crippen MR) is 115 cm³/mol. The van der Waals surface area contributed by atoms with Gasteiger partial charge in [0, 0.05) is 13.0 Å². The summed E-state index contributed by atoms with van der Waals surface area (Å²) in [5.74, 6) is -1.08. The highest BCUT2D eigenvalue weighted by Crippen LogP contribution is 2.33. The van der Waals surface area contributed by atoms with Crippen LogP contribution >= 0.6 is 0 Å². The summed E-state index contributed by atoms with van der Waals surface area (Å²) in [7, 11) is 1.54. The molecule has 0 radical (unpaired) electrons. The minimum Gasteiger partial charge on any atom is -0.495 e. The molecule has 0 aromatic heterocycles. The Morgan fingerprint density at radius 3 is 2.74 bits per heavy atom. The molecule has 2 amide bonds. The number of anilines is 1. The number of esters is 1. The summed E-state index contributed by atoms with van der Waals surface area (Å²) >= 11 is 0. The Morgan fingerprint density at radius 1 is 1.13 bits per heavy atom. The molecule has 31 heavy (non-hydrogen) atoms. The molecule has 1 heterocycles. The summed E-state index contributed by atoms with van der Waals surface area (Å²) in [6.45, 7) is -0.146. The monoisotopic (exact) mass is 422 g/mol. The van der Waals surface area contributed by atoms with Crippen molar-refractivity contribution in [2.75, 3.05) is 25.2 Å². The number of benzene rings is 2. The van der Waals surface area contributed by atoms with E-state index in [1.165, 1.54) is 17.6 Å².